The molecule has 0 unspecified atom stereocenters. The lowest BCUT2D eigenvalue weighted by molar-refractivity contribution is -0.120. The molecule has 26 heavy (non-hydrogen) atoms. The molecule has 2 aromatic rings. The Bertz CT molecular complexity index is 881. The van der Waals surface area contributed by atoms with Gasteiger partial charge in [-0.2, -0.15) is 0 Å². The molecule has 3 rings (SSSR count). The quantitative estimate of drug-likeness (QED) is 0.787. The number of nitrogens with one attached hydrogen (secondary N) is 1. The molecule has 2 heterocycles. The summed E-state index contributed by atoms with van der Waals surface area (Å²) >= 11 is 2.93. The highest BCUT2D eigenvalue weighted by Crippen LogP contribution is 2.26. The van der Waals surface area contributed by atoms with Crippen LogP contribution in [0.25, 0.3) is 10.6 Å². The Kier molecular flexibility index (Phi) is 5.99. The van der Waals surface area contributed by atoms with Crippen LogP contribution in [0.1, 0.15) is 19.0 Å². The first-order chi connectivity index (χ1) is 12.3. The van der Waals surface area contributed by atoms with Gasteiger partial charge in [0.15, 0.2) is 9.84 Å². The van der Waals surface area contributed by atoms with Crippen molar-refractivity contribution in [1.82, 2.24) is 10.3 Å². The highest BCUT2D eigenvalue weighted by molar-refractivity contribution is 7.99. The molecule has 140 valence electrons. The topological polar surface area (TPSA) is 76.1 Å². The predicted octanol–water partition coefficient (Wildman–Crippen LogP) is 2.87. The molecule has 1 aromatic carbocycles. The number of rotatable bonds is 6. The number of nitrogens with zero attached hydrogens (tertiary/aromatic N) is 1. The summed E-state index contributed by atoms with van der Waals surface area (Å²) < 4.78 is 35.9. The van der Waals surface area contributed by atoms with E-state index in [1.807, 2.05) is 5.38 Å². The average Bonchev–Trinajstić information content (AvgIpc) is 3.19. The van der Waals surface area contributed by atoms with Gasteiger partial charge in [0.2, 0.25) is 5.91 Å². The Balaban J connectivity index is 1.51. The van der Waals surface area contributed by atoms with Crippen molar-refractivity contribution >= 4 is 38.8 Å². The molecule has 0 radical (unpaired) electrons. The van der Waals surface area contributed by atoms with Crippen LogP contribution in [-0.2, 0) is 20.4 Å². The van der Waals surface area contributed by atoms with E-state index in [2.05, 4.69) is 10.3 Å². The SMILES string of the molecule is C[C@H](SCc1csc(-c2ccc(F)cc2)n1)C(=O)N[C@@H]1CCS(=O)(=O)C1. The van der Waals surface area contributed by atoms with Gasteiger partial charge in [-0.25, -0.2) is 17.8 Å². The molecule has 1 amide bonds. The number of hydrogen-bond acceptors (Lipinski definition) is 6. The summed E-state index contributed by atoms with van der Waals surface area (Å²) in [6, 6.07) is 5.91. The fourth-order valence-corrected chi connectivity index (χ4v) is 6.00. The van der Waals surface area contributed by atoms with E-state index in [9.17, 15) is 17.6 Å². The Morgan fingerprint density at radius 3 is 2.81 bits per heavy atom. The van der Waals surface area contributed by atoms with Gasteiger partial charge in [-0.1, -0.05) is 0 Å². The maximum absolute atomic E-state index is 13.0. The highest BCUT2D eigenvalue weighted by Gasteiger charge is 2.30. The molecule has 1 saturated heterocycles. The summed E-state index contributed by atoms with van der Waals surface area (Å²) in [4.78, 5) is 16.7. The standard InChI is InChI=1S/C17H19FN2O3S3/c1-11(16(21)19-14-6-7-26(22,23)10-14)24-8-15-9-25-17(20-15)12-2-4-13(18)5-3-12/h2-5,9,11,14H,6-8,10H2,1H3,(H,19,21)/t11-,14+/m0/s1. The monoisotopic (exact) mass is 414 g/mol. The smallest absolute Gasteiger partial charge is 0.233 e. The molecular formula is C17H19FN2O3S3. The number of thiazole rings is 1. The number of halogens is 1. The average molecular weight is 415 g/mol. The van der Waals surface area contributed by atoms with E-state index in [0.29, 0.717) is 12.2 Å². The zero-order valence-electron chi connectivity index (χ0n) is 14.1. The molecular weight excluding hydrogens is 395 g/mol. The number of carbonyl (C=O) groups excluding carboxylic acids is 1. The largest absolute Gasteiger partial charge is 0.351 e. The molecule has 0 aliphatic carbocycles. The van der Waals surface area contributed by atoms with E-state index < -0.39 is 9.84 Å². The first-order valence-electron chi connectivity index (χ1n) is 8.15. The minimum atomic E-state index is -3.00. The summed E-state index contributed by atoms with van der Waals surface area (Å²) in [6.45, 7) is 1.80. The van der Waals surface area contributed by atoms with Crippen molar-refractivity contribution < 1.29 is 17.6 Å². The van der Waals surface area contributed by atoms with Gasteiger partial charge in [0.25, 0.3) is 0 Å². The molecule has 0 saturated carbocycles. The molecule has 1 fully saturated rings. The number of sulfone groups is 1. The van der Waals surface area contributed by atoms with Crippen molar-refractivity contribution in [2.75, 3.05) is 11.5 Å². The van der Waals surface area contributed by atoms with Crippen LogP contribution in [-0.4, -0.2) is 42.1 Å². The normalized spacial score (nSPS) is 20.0. The first-order valence-corrected chi connectivity index (χ1v) is 11.9. The van der Waals surface area contributed by atoms with Gasteiger partial charge in [-0.3, -0.25) is 4.79 Å². The fourth-order valence-electron chi connectivity index (χ4n) is 2.61. The summed E-state index contributed by atoms with van der Waals surface area (Å²) in [5.41, 5.74) is 1.73. The maximum atomic E-state index is 13.0. The Labute approximate surface area is 160 Å². The Hall–Kier alpha value is -1.45. The van der Waals surface area contributed by atoms with E-state index in [0.717, 1.165) is 16.3 Å². The highest BCUT2D eigenvalue weighted by atomic mass is 32.2. The van der Waals surface area contributed by atoms with E-state index in [-0.39, 0.29) is 34.5 Å². The molecule has 2 atom stereocenters. The van der Waals surface area contributed by atoms with Crippen LogP contribution in [0.5, 0.6) is 0 Å². The predicted molar refractivity (Wildman–Crippen MR) is 103 cm³/mol. The van der Waals surface area contributed by atoms with Gasteiger partial charge in [-0.05, 0) is 37.6 Å². The van der Waals surface area contributed by atoms with E-state index in [1.165, 1.54) is 35.2 Å². The minimum absolute atomic E-state index is 0.0310. The number of amides is 1. The maximum Gasteiger partial charge on any atom is 0.233 e. The number of carbonyl (C=O) groups is 1. The Morgan fingerprint density at radius 2 is 2.15 bits per heavy atom. The molecule has 1 aliphatic heterocycles. The third kappa shape index (κ3) is 5.05. The second kappa shape index (κ2) is 8.06. The van der Waals surface area contributed by atoms with Crippen LogP contribution >= 0.6 is 23.1 Å². The second-order valence-corrected chi connectivity index (χ2v) is 10.6. The van der Waals surface area contributed by atoms with Gasteiger partial charge in [0, 0.05) is 22.7 Å². The molecule has 1 aliphatic rings. The van der Waals surface area contributed by atoms with E-state index in [1.54, 1.807) is 19.1 Å². The van der Waals surface area contributed by atoms with Crippen molar-refractivity contribution in [3.63, 3.8) is 0 Å². The third-order valence-corrected chi connectivity index (χ3v) is 7.96. The lowest BCUT2D eigenvalue weighted by Gasteiger charge is -2.15. The summed E-state index contributed by atoms with van der Waals surface area (Å²) in [6.07, 6.45) is 0.485. The van der Waals surface area contributed by atoms with Gasteiger partial charge in [0.05, 0.1) is 22.4 Å². The molecule has 0 spiro atoms. The Morgan fingerprint density at radius 1 is 1.42 bits per heavy atom. The van der Waals surface area contributed by atoms with Crippen LogP contribution in [0.2, 0.25) is 0 Å². The summed E-state index contributed by atoms with van der Waals surface area (Å²) in [5, 5.41) is 5.26. The number of hydrogen-bond donors (Lipinski definition) is 1. The minimum Gasteiger partial charge on any atom is -0.351 e. The van der Waals surface area contributed by atoms with Gasteiger partial charge in [-0.15, -0.1) is 23.1 Å². The molecule has 1 N–H and O–H groups in total. The molecule has 5 nitrogen and oxygen atoms in total. The van der Waals surface area contributed by atoms with Crippen molar-refractivity contribution in [2.45, 2.75) is 30.4 Å². The van der Waals surface area contributed by atoms with Gasteiger partial charge in [0.1, 0.15) is 10.8 Å². The van der Waals surface area contributed by atoms with Crippen molar-refractivity contribution in [3.8, 4) is 10.6 Å². The third-order valence-electron chi connectivity index (χ3n) is 4.07. The van der Waals surface area contributed by atoms with E-state index >= 15 is 0 Å². The first kappa shape index (κ1) is 19.3. The summed E-state index contributed by atoms with van der Waals surface area (Å²) in [5.74, 6) is 0.324. The van der Waals surface area contributed by atoms with Crippen molar-refractivity contribution in [1.29, 1.82) is 0 Å². The van der Waals surface area contributed by atoms with Crippen LogP contribution in [0, 0.1) is 5.82 Å². The van der Waals surface area contributed by atoms with Crippen LogP contribution in [0.3, 0.4) is 0 Å². The van der Waals surface area contributed by atoms with Crippen molar-refractivity contribution in [2.24, 2.45) is 0 Å². The lowest BCUT2D eigenvalue weighted by Crippen LogP contribution is -2.40. The molecule has 9 heteroatoms. The van der Waals surface area contributed by atoms with E-state index in [4.69, 9.17) is 0 Å². The number of thioether (sulfide) groups is 1. The fraction of sp³-hybridized carbons (Fsp3) is 0.412. The summed E-state index contributed by atoms with van der Waals surface area (Å²) in [7, 11) is -3.00. The van der Waals surface area contributed by atoms with Gasteiger partial charge < -0.3 is 5.32 Å². The zero-order valence-corrected chi connectivity index (χ0v) is 16.6. The molecule has 0 bridgehead atoms. The number of benzene rings is 1. The van der Waals surface area contributed by atoms with Crippen LogP contribution in [0.4, 0.5) is 4.39 Å². The van der Waals surface area contributed by atoms with Crippen molar-refractivity contribution in [3.05, 3.63) is 41.2 Å². The molecule has 1 aromatic heterocycles. The second-order valence-electron chi connectivity index (χ2n) is 6.21. The number of aromatic nitrogens is 1. The zero-order chi connectivity index (χ0) is 18.7. The van der Waals surface area contributed by atoms with Crippen LogP contribution in [0.15, 0.2) is 29.6 Å². The van der Waals surface area contributed by atoms with Crippen LogP contribution < -0.4 is 5.32 Å². The van der Waals surface area contributed by atoms with Gasteiger partial charge >= 0.3 is 0 Å². The lowest BCUT2D eigenvalue weighted by atomic mass is 10.2.